The number of aryl methyl sites for hydroxylation is 1. The van der Waals surface area contributed by atoms with Crippen LogP contribution in [0.15, 0.2) is 48.5 Å². The molecule has 128 valence electrons. The molecule has 2 aromatic rings. The molecule has 24 heavy (non-hydrogen) atoms. The summed E-state index contributed by atoms with van der Waals surface area (Å²) in [6, 6.07) is 14.3. The van der Waals surface area contributed by atoms with Gasteiger partial charge in [-0.25, -0.2) is 8.42 Å². The van der Waals surface area contributed by atoms with Crippen molar-refractivity contribution in [3.8, 4) is 0 Å². The minimum atomic E-state index is -3.37. The zero-order valence-corrected chi connectivity index (χ0v) is 14.7. The van der Waals surface area contributed by atoms with E-state index < -0.39 is 10.0 Å². The number of nitrogens with one attached hydrogen (secondary N) is 2. The highest BCUT2D eigenvalue weighted by Crippen LogP contribution is 2.13. The van der Waals surface area contributed by atoms with Crippen LogP contribution in [-0.4, -0.2) is 20.1 Å². The number of carbonyl (C=O) groups is 1. The Morgan fingerprint density at radius 2 is 1.83 bits per heavy atom. The van der Waals surface area contributed by atoms with Gasteiger partial charge in [0.05, 0.1) is 5.75 Å². The van der Waals surface area contributed by atoms with E-state index in [0.29, 0.717) is 24.2 Å². The molecular weight excluding hydrogens is 324 g/mol. The average molecular weight is 346 g/mol. The molecule has 0 unspecified atom stereocenters. The summed E-state index contributed by atoms with van der Waals surface area (Å²) in [4.78, 5) is 12.3. The first kappa shape index (κ1) is 18.0. The van der Waals surface area contributed by atoms with Crippen molar-refractivity contribution in [2.75, 3.05) is 10.5 Å². The quantitative estimate of drug-likeness (QED) is 0.809. The fourth-order valence-corrected chi connectivity index (χ4v) is 3.43. The third-order valence-electron chi connectivity index (χ3n) is 3.57. The normalized spacial score (nSPS) is 11.1. The van der Waals surface area contributed by atoms with Crippen molar-refractivity contribution < 1.29 is 13.2 Å². The lowest BCUT2D eigenvalue weighted by Crippen LogP contribution is -2.23. The van der Waals surface area contributed by atoms with Crippen LogP contribution in [0.2, 0.25) is 0 Å². The number of benzene rings is 2. The topological polar surface area (TPSA) is 75.3 Å². The molecule has 0 fully saturated rings. The van der Waals surface area contributed by atoms with Crippen molar-refractivity contribution in [3.05, 3.63) is 65.2 Å². The van der Waals surface area contributed by atoms with Crippen molar-refractivity contribution in [3.63, 3.8) is 0 Å². The molecule has 5 nitrogen and oxygen atoms in total. The minimum absolute atomic E-state index is 0.0523. The molecule has 0 aliphatic heterocycles. The molecule has 2 aromatic carbocycles. The van der Waals surface area contributed by atoms with Gasteiger partial charge >= 0.3 is 0 Å². The van der Waals surface area contributed by atoms with Crippen LogP contribution in [0.4, 0.5) is 5.69 Å². The maximum Gasteiger partial charge on any atom is 0.251 e. The first-order chi connectivity index (χ1) is 11.4. The molecule has 0 saturated heterocycles. The van der Waals surface area contributed by atoms with Gasteiger partial charge in [0.2, 0.25) is 10.0 Å². The summed E-state index contributed by atoms with van der Waals surface area (Å²) in [5.74, 6) is -0.189. The predicted molar refractivity (Wildman–Crippen MR) is 96.5 cm³/mol. The Labute approximate surface area is 143 Å². The molecule has 0 aliphatic rings. The number of carbonyl (C=O) groups excluding carboxylic acids is 1. The van der Waals surface area contributed by atoms with Gasteiger partial charge in [0.1, 0.15) is 0 Å². The van der Waals surface area contributed by atoms with Crippen LogP contribution in [0.1, 0.15) is 34.8 Å². The smallest absolute Gasteiger partial charge is 0.251 e. The molecule has 0 heterocycles. The van der Waals surface area contributed by atoms with Crippen LogP contribution in [0.3, 0.4) is 0 Å². The Hall–Kier alpha value is -2.34. The van der Waals surface area contributed by atoms with Crippen molar-refractivity contribution in [1.29, 1.82) is 0 Å². The Balaban J connectivity index is 2.05. The van der Waals surface area contributed by atoms with E-state index in [-0.39, 0.29) is 11.7 Å². The highest BCUT2D eigenvalue weighted by atomic mass is 32.2. The molecule has 0 atom stereocenters. The maximum atomic E-state index is 12.3. The molecule has 1 amide bonds. The Morgan fingerprint density at radius 3 is 2.54 bits per heavy atom. The van der Waals surface area contributed by atoms with Crippen LogP contribution in [0.5, 0.6) is 0 Å². The number of rotatable bonds is 7. The summed E-state index contributed by atoms with van der Waals surface area (Å²) in [7, 11) is -3.37. The molecule has 0 aromatic heterocycles. The van der Waals surface area contributed by atoms with E-state index in [4.69, 9.17) is 0 Å². The van der Waals surface area contributed by atoms with E-state index in [1.54, 1.807) is 31.2 Å². The first-order valence-corrected chi connectivity index (χ1v) is 9.50. The first-order valence-electron chi connectivity index (χ1n) is 7.84. The summed E-state index contributed by atoms with van der Waals surface area (Å²) in [6.45, 7) is 4.22. The second kappa shape index (κ2) is 7.97. The second-order valence-corrected chi connectivity index (χ2v) is 7.45. The number of hydrogen-bond donors (Lipinski definition) is 2. The van der Waals surface area contributed by atoms with Gasteiger partial charge in [-0.2, -0.15) is 0 Å². The van der Waals surface area contributed by atoms with Gasteiger partial charge in [-0.1, -0.05) is 37.3 Å². The van der Waals surface area contributed by atoms with E-state index in [0.717, 1.165) is 11.1 Å². The second-order valence-electron chi connectivity index (χ2n) is 5.61. The summed E-state index contributed by atoms with van der Waals surface area (Å²) in [5.41, 5.74) is 2.97. The van der Waals surface area contributed by atoms with Crippen LogP contribution in [0, 0.1) is 6.92 Å². The molecule has 2 N–H and O–H groups in total. The minimum Gasteiger partial charge on any atom is -0.348 e. The lowest BCUT2D eigenvalue weighted by molar-refractivity contribution is 0.0951. The zero-order chi connectivity index (χ0) is 17.6. The molecule has 0 aliphatic carbocycles. The summed E-state index contributed by atoms with van der Waals surface area (Å²) in [6.07, 6.45) is 0.534. The van der Waals surface area contributed by atoms with E-state index >= 15 is 0 Å². The van der Waals surface area contributed by atoms with Crippen molar-refractivity contribution >= 4 is 21.6 Å². The Bertz CT molecular complexity index is 817. The third kappa shape index (κ3) is 5.09. The summed E-state index contributed by atoms with van der Waals surface area (Å²) in [5, 5.41) is 2.86. The molecule has 0 radical (unpaired) electrons. The number of anilines is 1. The monoisotopic (exact) mass is 346 g/mol. The lowest BCUT2D eigenvalue weighted by Gasteiger charge is -2.10. The SMILES string of the molecule is CCCS(=O)(=O)Nc1cccc(C(=O)NCc2ccccc2C)c1. The molecule has 2 rings (SSSR count). The van der Waals surface area contributed by atoms with Crippen molar-refractivity contribution in [2.45, 2.75) is 26.8 Å². The molecule has 0 bridgehead atoms. The van der Waals surface area contributed by atoms with E-state index in [1.807, 2.05) is 31.2 Å². The summed E-state index contributed by atoms with van der Waals surface area (Å²) < 4.78 is 26.1. The van der Waals surface area contributed by atoms with Gasteiger partial charge in [-0.15, -0.1) is 0 Å². The van der Waals surface area contributed by atoms with Crippen molar-refractivity contribution in [2.24, 2.45) is 0 Å². The van der Waals surface area contributed by atoms with Crippen LogP contribution >= 0.6 is 0 Å². The Morgan fingerprint density at radius 1 is 1.08 bits per heavy atom. The van der Waals surface area contributed by atoms with Gasteiger partial charge in [0.25, 0.3) is 5.91 Å². The standard InChI is InChI=1S/C18H22N2O3S/c1-3-11-24(22,23)20-17-10-6-9-15(12-17)18(21)19-13-16-8-5-4-7-14(16)2/h4-10,12,20H,3,11,13H2,1-2H3,(H,19,21). The number of hydrogen-bond acceptors (Lipinski definition) is 3. The third-order valence-corrected chi connectivity index (χ3v) is 5.06. The van der Waals surface area contributed by atoms with Gasteiger partial charge in [-0.3, -0.25) is 9.52 Å². The van der Waals surface area contributed by atoms with E-state index in [1.165, 1.54) is 0 Å². The van der Waals surface area contributed by atoms with Gasteiger partial charge in [0, 0.05) is 17.8 Å². The van der Waals surface area contributed by atoms with E-state index in [9.17, 15) is 13.2 Å². The van der Waals surface area contributed by atoms with Gasteiger partial charge < -0.3 is 5.32 Å². The number of amides is 1. The maximum absolute atomic E-state index is 12.3. The highest BCUT2D eigenvalue weighted by Gasteiger charge is 2.11. The largest absolute Gasteiger partial charge is 0.348 e. The Kier molecular flexibility index (Phi) is 5.98. The summed E-state index contributed by atoms with van der Waals surface area (Å²) >= 11 is 0. The number of sulfonamides is 1. The molecule has 0 spiro atoms. The molecular formula is C18H22N2O3S. The average Bonchev–Trinajstić information content (AvgIpc) is 2.53. The fraction of sp³-hybridized carbons (Fsp3) is 0.278. The highest BCUT2D eigenvalue weighted by molar-refractivity contribution is 7.92. The lowest BCUT2D eigenvalue weighted by atomic mass is 10.1. The van der Waals surface area contributed by atoms with Gasteiger partial charge in [0.15, 0.2) is 0 Å². The molecule has 6 heteroatoms. The van der Waals surface area contributed by atoms with Gasteiger partial charge in [-0.05, 0) is 42.7 Å². The van der Waals surface area contributed by atoms with E-state index in [2.05, 4.69) is 10.0 Å². The van der Waals surface area contributed by atoms with Crippen molar-refractivity contribution in [1.82, 2.24) is 5.32 Å². The zero-order valence-electron chi connectivity index (χ0n) is 13.9. The van der Waals surface area contributed by atoms with Crippen LogP contribution < -0.4 is 10.0 Å². The van der Waals surface area contributed by atoms with Crippen LogP contribution in [-0.2, 0) is 16.6 Å². The fourth-order valence-electron chi connectivity index (χ4n) is 2.31. The van der Waals surface area contributed by atoms with Crippen LogP contribution in [0.25, 0.3) is 0 Å². The predicted octanol–water partition coefficient (Wildman–Crippen LogP) is 3.08. The molecule has 0 saturated carbocycles.